The summed E-state index contributed by atoms with van der Waals surface area (Å²) in [5.74, 6) is 1.54. The normalized spacial score (nSPS) is 11.8. The Morgan fingerprint density at radius 1 is 1.67 bits per heavy atom. The highest BCUT2D eigenvalue weighted by molar-refractivity contribution is 7.44. The van der Waals surface area contributed by atoms with Gasteiger partial charge in [-0.3, -0.25) is 5.50 Å². The maximum atomic E-state index is 5.19. The van der Waals surface area contributed by atoms with Crippen LogP contribution in [0.4, 0.5) is 0 Å². The summed E-state index contributed by atoms with van der Waals surface area (Å²) in [4.78, 5) is 3.48. The first kappa shape index (κ1) is 3.71. The smallest absolute Gasteiger partial charge is 0.104 e. The monoisotopic (exact) mass is 102 g/mol. The molecular weight excluding hydrogens is 99.0 g/mol. The van der Waals surface area contributed by atoms with E-state index in [1.54, 1.807) is 0 Å². The lowest BCUT2D eigenvalue weighted by Crippen LogP contribution is -1.71. The molecule has 0 aromatic carbocycles. The quantitative estimate of drug-likeness (QED) is 0.482. The van der Waals surface area contributed by atoms with Crippen molar-refractivity contribution in [3.8, 4) is 0 Å². The average molecular weight is 102 g/mol. The van der Waals surface area contributed by atoms with E-state index < -0.39 is 7.84 Å². The molecule has 1 unspecified atom stereocenters. The van der Waals surface area contributed by atoms with Gasteiger partial charge in [-0.25, -0.2) is 0 Å². The van der Waals surface area contributed by atoms with Crippen molar-refractivity contribution >= 4 is 7.84 Å². The zero-order valence-corrected chi connectivity index (χ0v) is 3.84. The molecule has 6 heavy (non-hydrogen) atoms. The minimum Gasteiger partial charge on any atom is -0.271 e. The predicted molar refractivity (Wildman–Crippen MR) is 22.7 cm³/mol. The SMILES string of the molecule is Np1cnnn1. The summed E-state index contributed by atoms with van der Waals surface area (Å²) in [6, 6.07) is 0. The highest BCUT2D eigenvalue weighted by atomic mass is 31.1. The first-order valence-electron chi connectivity index (χ1n) is 1.37. The Kier molecular flexibility index (Phi) is 0.819. The lowest BCUT2D eigenvalue weighted by Gasteiger charge is -1.64. The first-order chi connectivity index (χ1) is 2.89. The van der Waals surface area contributed by atoms with Crippen LogP contribution in [-0.2, 0) is 0 Å². The average Bonchev–Trinajstić information content (AvgIpc) is 1.86. The van der Waals surface area contributed by atoms with Crippen molar-refractivity contribution in [3.63, 3.8) is 0 Å². The maximum absolute atomic E-state index is 5.19. The van der Waals surface area contributed by atoms with Crippen LogP contribution in [-0.4, -0.2) is 15.2 Å². The second-order valence-electron chi connectivity index (χ2n) is 0.790. The van der Waals surface area contributed by atoms with E-state index in [2.05, 4.69) is 15.2 Å². The molecule has 0 saturated heterocycles. The topological polar surface area (TPSA) is 64.7 Å². The fourth-order valence-electron chi connectivity index (χ4n) is 0.168. The zero-order chi connectivity index (χ0) is 4.41. The number of nitrogen functional groups attached to an aromatic ring is 1. The Hall–Kier alpha value is -0.470. The second kappa shape index (κ2) is 1.32. The minimum absolute atomic E-state index is 0.798. The highest BCUT2D eigenvalue weighted by Gasteiger charge is 1.77. The molecule has 0 fully saturated rings. The van der Waals surface area contributed by atoms with Crippen molar-refractivity contribution in [1.82, 2.24) is 15.2 Å². The Morgan fingerprint density at radius 3 is 2.67 bits per heavy atom. The first-order valence-corrected chi connectivity index (χ1v) is 2.81. The summed E-state index contributed by atoms with van der Waals surface area (Å²) < 4.78 is 0. The lowest BCUT2D eigenvalue weighted by atomic mass is 11.7. The molecule has 1 aromatic rings. The molecule has 0 spiro atoms. The van der Waals surface area contributed by atoms with Crippen LogP contribution in [0.5, 0.6) is 0 Å². The molecule has 0 aliphatic carbocycles. The molecule has 4 nitrogen and oxygen atoms in total. The van der Waals surface area contributed by atoms with E-state index in [1.807, 2.05) is 0 Å². The van der Waals surface area contributed by atoms with Gasteiger partial charge in [0.25, 0.3) is 0 Å². The van der Waals surface area contributed by atoms with Gasteiger partial charge in [-0.05, 0) is 5.21 Å². The Morgan fingerprint density at radius 2 is 2.50 bits per heavy atom. The van der Waals surface area contributed by atoms with Crippen molar-refractivity contribution in [2.45, 2.75) is 0 Å². The van der Waals surface area contributed by atoms with Gasteiger partial charge >= 0.3 is 0 Å². The van der Waals surface area contributed by atoms with Crippen molar-refractivity contribution in [3.05, 3.63) is 5.93 Å². The second-order valence-corrected chi connectivity index (χ2v) is 1.96. The van der Waals surface area contributed by atoms with Gasteiger partial charge in [0.05, 0.1) is 7.84 Å². The van der Waals surface area contributed by atoms with Gasteiger partial charge in [-0.15, -0.1) is 9.96 Å². The zero-order valence-electron chi connectivity index (χ0n) is 2.94. The number of aromatic nitrogens is 3. The van der Waals surface area contributed by atoms with Gasteiger partial charge in [0.15, 0.2) is 0 Å². The van der Waals surface area contributed by atoms with Crippen LogP contribution in [0.2, 0.25) is 0 Å². The van der Waals surface area contributed by atoms with Crippen LogP contribution >= 0.6 is 7.84 Å². The molecule has 2 N–H and O–H groups in total. The van der Waals surface area contributed by atoms with Gasteiger partial charge in [-0.1, -0.05) is 0 Å². The summed E-state index contributed by atoms with van der Waals surface area (Å²) in [5.41, 5.74) is 5.19. The molecule has 1 heterocycles. The molecule has 1 rings (SSSR count). The Balaban J connectivity index is 3.05. The minimum atomic E-state index is -0.798. The molecule has 0 amide bonds. The number of nitrogens with two attached hydrogens (primary N) is 1. The number of nitrogens with zero attached hydrogens (tertiary/aromatic N) is 3. The van der Waals surface area contributed by atoms with Crippen LogP contribution in [0.15, 0.2) is 5.93 Å². The van der Waals surface area contributed by atoms with E-state index in [0.717, 1.165) is 0 Å². The standard InChI is InChI=1S/CH3N4P/c2-6-1-3-4-5-6/h1H,2H2. The highest BCUT2D eigenvalue weighted by Crippen LogP contribution is 2.01. The molecular formula is CH3N4P. The molecule has 0 saturated carbocycles. The Labute approximate surface area is 35.6 Å². The van der Waals surface area contributed by atoms with Gasteiger partial charge < -0.3 is 0 Å². The third-order valence-corrected chi connectivity index (χ3v) is 0.991. The van der Waals surface area contributed by atoms with E-state index in [9.17, 15) is 0 Å². The molecule has 1 aromatic heterocycles. The molecule has 32 valence electrons. The number of rotatable bonds is 0. The van der Waals surface area contributed by atoms with Crippen LogP contribution in [0.1, 0.15) is 0 Å². The molecule has 0 aliphatic rings. The van der Waals surface area contributed by atoms with Gasteiger partial charge in [-0.2, -0.15) is 0 Å². The predicted octanol–water partition coefficient (Wildman–Crippen LogP) is -0.428. The van der Waals surface area contributed by atoms with E-state index in [-0.39, 0.29) is 0 Å². The van der Waals surface area contributed by atoms with Crippen LogP contribution in [0.3, 0.4) is 0 Å². The third-order valence-electron chi connectivity index (χ3n) is 0.365. The number of hydrogen-bond donors (Lipinski definition) is 1. The van der Waals surface area contributed by atoms with Gasteiger partial charge in [0.2, 0.25) is 0 Å². The largest absolute Gasteiger partial charge is 0.271 e. The summed E-state index contributed by atoms with van der Waals surface area (Å²) in [6.07, 6.45) is 0. The van der Waals surface area contributed by atoms with Crippen molar-refractivity contribution in [1.29, 1.82) is 0 Å². The van der Waals surface area contributed by atoms with E-state index in [0.29, 0.717) is 0 Å². The fraction of sp³-hybridized carbons (Fsp3) is 0. The van der Waals surface area contributed by atoms with E-state index in [4.69, 9.17) is 5.50 Å². The fourth-order valence-corrected chi connectivity index (χ4v) is 0.505. The number of hydrogen-bond acceptors (Lipinski definition) is 4. The molecule has 0 bridgehead atoms. The van der Waals surface area contributed by atoms with Crippen LogP contribution < -0.4 is 5.50 Å². The summed E-state index contributed by atoms with van der Waals surface area (Å²) >= 11 is 0. The van der Waals surface area contributed by atoms with Crippen LogP contribution in [0, 0.1) is 0 Å². The van der Waals surface area contributed by atoms with Crippen molar-refractivity contribution in [2.75, 3.05) is 5.50 Å². The summed E-state index contributed by atoms with van der Waals surface area (Å²) in [7, 11) is -0.798. The van der Waals surface area contributed by atoms with Gasteiger partial charge in [0.1, 0.15) is 5.93 Å². The molecule has 1 atom stereocenters. The maximum Gasteiger partial charge on any atom is 0.104 e. The summed E-state index contributed by atoms with van der Waals surface area (Å²) in [5, 5.41) is 6.66. The van der Waals surface area contributed by atoms with Crippen molar-refractivity contribution < 1.29 is 0 Å². The van der Waals surface area contributed by atoms with Gasteiger partial charge in [0, 0.05) is 0 Å². The molecule has 0 radical (unpaired) electrons. The lowest BCUT2D eigenvalue weighted by molar-refractivity contribution is 0.958. The van der Waals surface area contributed by atoms with E-state index in [1.165, 1.54) is 5.93 Å². The molecule has 5 heteroatoms. The molecule has 0 aliphatic heterocycles. The van der Waals surface area contributed by atoms with Crippen molar-refractivity contribution in [2.24, 2.45) is 0 Å². The van der Waals surface area contributed by atoms with E-state index >= 15 is 0 Å². The third kappa shape index (κ3) is 0.530. The summed E-state index contributed by atoms with van der Waals surface area (Å²) in [6.45, 7) is 0. The Bertz CT molecular complexity index is 111. The van der Waals surface area contributed by atoms with Crippen LogP contribution in [0.25, 0.3) is 0 Å².